The smallest absolute Gasteiger partial charge is 0.127 e. The van der Waals surface area contributed by atoms with Crippen molar-refractivity contribution in [1.82, 2.24) is 9.55 Å². The van der Waals surface area contributed by atoms with Crippen molar-refractivity contribution >= 4 is 5.82 Å². The number of nitrogens with zero attached hydrogens (tertiary/aromatic N) is 2. The lowest BCUT2D eigenvalue weighted by Gasteiger charge is -2.29. The minimum atomic E-state index is -0.0328. The number of aromatic nitrogens is 2. The largest absolute Gasteiger partial charge is 0.384 e. The van der Waals surface area contributed by atoms with E-state index in [0.717, 1.165) is 11.5 Å². The summed E-state index contributed by atoms with van der Waals surface area (Å²) in [4.78, 5) is 4.98. The molecular weight excluding hydrogens is 262 g/mol. The molecule has 120 valence electrons. The zero-order valence-electron chi connectivity index (χ0n) is 14.3. The lowest BCUT2D eigenvalue weighted by molar-refractivity contribution is 0.183. The molecule has 1 aromatic rings. The van der Waals surface area contributed by atoms with E-state index in [4.69, 9.17) is 15.5 Å². The second kappa shape index (κ2) is 6.39. The average Bonchev–Trinajstić information content (AvgIpc) is 2.77. The third-order valence-corrected chi connectivity index (χ3v) is 4.49. The summed E-state index contributed by atoms with van der Waals surface area (Å²) >= 11 is 0. The first-order valence-electron chi connectivity index (χ1n) is 8.23. The molecule has 0 bridgehead atoms. The molecule has 1 atom stereocenters. The molecule has 1 fully saturated rings. The Kier molecular flexibility index (Phi) is 4.97. The van der Waals surface area contributed by atoms with Gasteiger partial charge in [-0.15, -0.1) is 0 Å². The summed E-state index contributed by atoms with van der Waals surface area (Å²) in [5, 5.41) is 0. The monoisotopic (exact) mass is 293 g/mol. The highest BCUT2D eigenvalue weighted by Crippen LogP contribution is 2.38. The second-order valence-electron chi connectivity index (χ2n) is 7.44. The van der Waals surface area contributed by atoms with Crippen LogP contribution in [0.25, 0.3) is 0 Å². The standard InChI is InChI=1S/C17H31N3O/c1-12(11-21-5)14-15(18)20(17(2,3)4)16(19-14)13-9-7-6-8-10-13/h12-13H,6-11,18H2,1-5H3. The summed E-state index contributed by atoms with van der Waals surface area (Å²) in [6, 6.07) is 0. The van der Waals surface area contributed by atoms with E-state index in [9.17, 15) is 0 Å². The third-order valence-electron chi connectivity index (χ3n) is 4.49. The number of nitrogens with two attached hydrogens (primary N) is 1. The lowest BCUT2D eigenvalue weighted by Crippen LogP contribution is -2.27. The number of hydrogen-bond donors (Lipinski definition) is 1. The van der Waals surface area contributed by atoms with Crippen molar-refractivity contribution in [3.8, 4) is 0 Å². The van der Waals surface area contributed by atoms with E-state index in [1.807, 2.05) is 0 Å². The molecule has 21 heavy (non-hydrogen) atoms. The van der Waals surface area contributed by atoms with Gasteiger partial charge in [0.25, 0.3) is 0 Å². The molecule has 1 aliphatic rings. The van der Waals surface area contributed by atoms with Gasteiger partial charge in [0.2, 0.25) is 0 Å². The first kappa shape index (κ1) is 16.3. The van der Waals surface area contributed by atoms with Crippen molar-refractivity contribution in [1.29, 1.82) is 0 Å². The Morgan fingerprint density at radius 2 is 1.90 bits per heavy atom. The maximum absolute atomic E-state index is 6.47. The van der Waals surface area contributed by atoms with Crippen LogP contribution in [0.3, 0.4) is 0 Å². The van der Waals surface area contributed by atoms with Crippen LogP contribution >= 0.6 is 0 Å². The van der Waals surface area contributed by atoms with E-state index < -0.39 is 0 Å². The molecule has 1 saturated carbocycles. The first-order chi connectivity index (χ1) is 9.86. The molecular formula is C17H31N3O. The van der Waals surface area contributed by atoms with Crippen molar-refractivity contribution in [2.45, 2.75) is 77.2 Å². The summed E-state index contributed by atoms with van der Waals surface area (Å²) in [6.45, 7) is 9.43. The number of imidazole rings is 1. The highest BCUT2D eigenvalue weighted by molar-refractivity contribution is 5.42. The highest BCUT2D eigenvalue weighted by Gasteiger charge is 2.30. The van der Waals surface area contributed by atoms with E-state index in [2.05, 4.69) is 32.3 Å². The van der Waals surface area contributed by atoms with Gasteiger partial charge in [0.1, 0.15) is 11.6 Å². The Hall–Kier alpha value is -1.03. The Labute approximate surface area is 129 Å². The minimum Gasteiger partial charge on any atom is -0.384 e. The molecule has 0 spiro atoms. The predicted molar refractivity (Wildman–Crippen MR) is 87.8 cm³/mol. The van der Waals surface area contributed by atoms with E-state index >= 15 is 0 Å². The predicted octanol–water partition coefficient (Wildman–Crippen LogP) is 4.02. The van der Waals surface area contributed by atoms with E-state index in [0.29, 0.717) is 12.5 Å². The van der Waals surface area contributed by atoms with Gasteiger partial charge in [-0.25, -0.2) is 4.98 Å². The molecule has 4 heteroatoms. The van der Waals surface area contributed by atoms with E-state index in [-0.39, 0.29) is 11.5 Å². The summed E-state index contributed by atoms with van der Waals surface area (Å²) in [5.74, 6) is 2.81. The van der Waals surface area contributed by atoms with Gasteiger partial charge < -0.3 is 15.0 Å². The van der Waals surface area contributed by atoms with Gasteiger partial charge in [0, 0.05) is 24.5 Å². The number of hydrogen-bond acceptors (Lipinski definition) is 3. The molecule has 4 nitrogen and oxygen atoms in total. The van der Waals surface area contributed by atoms with Gasteiger partial charge >= 0.3 is 0 Å². The van der Waals surface area contributed by atoms with Crippen LogP contribution in [-0.4, -0.2) is 23.3 Å². The fraction of sp³-hybridized carbons (Fsp3) is 0.824. The number of ether oxygens (including phenoxy) is 1. The Bertz CT molecular complexity index is 467. The van der Waals surface area contributed by atoms with Crippen LogP contribution in [0.1, 0.15) is 83.2 Å². The van der Waals surface area contributed by atoms with Crippen LogP contribution < -0.4 is 5.73 Å². The van der Waals surface area contributed by atoms with Crippen molar-refractivity contribution in [2.75, 3.05) is 19.5 Å². The molecule has 0 saturated heterocycles. The number of nitrogen functional groups attached to an aromatic ring is 1. The van der Waals surface area contributed by atoms with Gasteiger partial charge in [0.15, 0.2) is 0 Å². The molecule has 0 aromatic carbocycles. The molecule has 1 aromatic heterocycles. The zero-order chi connectivity index (χ0) is 15.6. The van der Waals surface area contributed by atoms with Crippen molar-refractivity contribution in [2.24, 2.45) is 0 Å². The van der Waals surface area contributed by atoms with Gasteiger partial charge in [0.05, 0.1) is 12.3 Å². The Morgan fingerprint density at radius 3 is 2.43 bits per heavy atom. The van der Waals surface area contributed by atoms with E-state index in [1.165, 1.54) is 37.9 Å². The first-order valence-corrected chi connectivity index (χ1v) is 8.23. The lowest BCUT2D eigenvalue weighted by atomic mass is 9.88. The van der Waals surface area contributed by atoms with Crippen molar-refractivity contribution in [3.05, 3.63) is 11.5 Å². The quantitative estimate of drug-likeness (QED) is 0.912. The third kappa shape index (κ3) is 3.42. The van der Waals surface area contributed by atoms with Crippen LogP contribution in [0.4, 0.5) is 5.82 Å². The fourth-order valence-electron chi connectivity index (χ4n) is 3.50. The van der Waals surface area contributed by atoms with Gasteiger partial charge in [-0.3, -0.25) is 0 Å². The zero-order valence-corrected chi connectivity index (χ0v) is 14.3. The molecule has 0 radical (unpaired) electrons. The SMILES string of the molecule is COCC(C)c1nc(C2CCCCC2)n(C(C)(C)C)c1N. The van der Waals surface area contributed by atoms with Crippen LogP contribution in [0.2, 0.25) is 0 Å². The number of methoxy groups -OCH3 is 1. The number of rotatable bonds is 4. The van der Waals surface area contributed by atoms with Crippen molar-refractivity contribution in [3.63, 3.8) is 0 Å². The van der Waals surface area contributed by atoms with Crippen LogP contribution in [0, 0.1) is 0 Å². The van der Waals surface area contributed by atoms with Crippen molar-refractivity contribution < 1.29 is 4.74 Å². The molecule has 2 rings (SSSR count). The topological polar surface area (TPSA) is 53.1 Å². The minimum absolute atomic E-state index is 0.0328. The molecule has 1 heterocycles. The summed E-state index contributed by atoms with van der Waals surface area (Å²) in [7, 11) is 1.73. The fourth-order valence-corrected chi connectivity index (χ4v) is 3.50. The second-order valence-corrected chi connectivity index (χ2v) is 7.44. The summed E-state index contributed by atoms with van der Waals surface area (Å²) < 4.78 is 7.56. The van der Waals surface area contributed by atoms with Crippen LogP contribution in [0.15, 0.2) is 0 Å². The van der Waals surface area contributed by atoms with E-state index in [1.54, 1.807) is 7.11 Å². The van der Waals surface area contributed by atoms with Crippen LogP contribution in [-0.2, 0) is 10.3 Å². The Balaban J connectivity index is 2.44. The maximum Gasteiger partial charge on any atom is 0.127 e. The average molecular weight is 293 g/mol. The van der Waals surface area contributed by atoms with Gasteiger partial charge in [-0.2, -0.15) is 0 Å². The Morgan fingerprint density at radius 1 is 1.29 bits per heavy atom. The van der Waals surface area contributed by atoms with Crippen LogP contribution in [0.5, 0.6) is 0 Å². The molecule has 0 aliphatic heterocycles. The molecule has 1 unspecified atom stereocenters. The van der Waals surface area contributed by atoms with Gasteiger partial charge in [-0.1, -0.05) is 26.2 Å². The summed E-state index contributed by atoms with van der Waals surface area (Å²) in [5.41, 5.74) is 7.45. The highest BCUT2D eigenvalue weighted by atomic mass is 16.5. The van der Waals surface area contributed by atoms with Gasteiger partial charge in [-0.05, 0) is 33.6 Å². The molecule has 0 amide bonds. The normalized spacial score (nSPS) is 18.9. The number of anilines is 1. The maximum atomic E-state index is 6.47. The molecule has 2 N–H and O–H groups in total. The summed E-state index contributed by atoms with van der Waals surface area (Å²) in [6.07, 6.45) is 6.46. The molecule has 1 aliphatic carbocycles.